The number of halogens is 1. The van der Waals surface area contributed by atoms with Crippen LogP contribution < -0.4 is 5.32 Å². The summed E-state index contributed by atoms with van der Waals surface area (Å²) in [7, 11) is 0. The SMILES string of the molecule is Cc1nccnc1C(C)Nc1ccccc1I. The van der Waals surface area contributed by atoms with Crippen LogP contribution in [0.25, 0.3) is 0 Å². The van der Waals surface area contributed by atoms with E-state index < -0.39 is 0 Å². The highest BCUT2D eigenvalue weighted by Gasteiger charge is 2.11. The van der Waals surface area contributed by atoms with Crippen LogP contribution in [0.2, 0.25) is 0 Å². The number of rotatable bonds is 3. The molecule has 1 aromatic heterocycles. The Hall–Kier alpha value is -1.17. The molecule has 0 saturated heterocycles. The van der Waals surface area contributed by atoms with Gasteiger partial charge in [-0.15, -0.1) is 0 Å². The second-order valence-electron chi connectivity index (χ2n) is 3.87. The van der Waals surface area contributed by atoms with E-state index in [-0.39, 0.29) is 6.04 Å². The Morgan fingerprint density at radius 2 is 1.88 bits per heavy atom. The van der Waals surface area contributed by atoms with Crippen LogP contribution in [0.4, 0.5) is 5.69 Å². The van der Waals surface area contributed by atoms with Gasteiger partial charge in [-0.3, -0.25) is 9.97 Å². The van der Waals surface area contributed by atoms with E-state index in [0.717, 1.165) is 17.1 Å². The van der Waals surface area contributed by atoms with Gasteiger partial charge in [-0.05, 0) is 48.6 Å². The van der Waals surface area contributed by atoms with Crippen molar-refractivity contribution in [3.05, 3.63) is 51.6 Å². The maximum Gasteiger partial charge on any atom is 0.0835 e. The summed E-state index contributed by atoms with van der Waals surface area (Å²) in [5.74, 6) is 0. The summed E-state index contributed by atoms with van der Waals surface area (Å²) in [5, 5.41) is 3.46. The molecular formula is C13H14IN3. The van der Waals surface area contributed by atoms with Gasteiger partial charge in [0.1, 0.15) is 0 Å². The van der Waals surface area contributed by atoms with Crippen LogP contribution in [0.1, 0.15) is 24.4 Å². The lowest BCUT2D eigenvalue weighted by Crippen LogP contribution is -2.11. The molecule has 1 atom stereocenters. The summed E-state index contributed by atoms with van der Waals surface area (Å²) in [4.78, 5) is 8.64. The highest BCUT2D eigenvalue weighted by molar-refractivity contribution is 14.1. The molecule has 0 aliphatic carbocycles. The van der Waals surface area contributed by atoms with Crippen molar-refractivity contribution in [3.8, 4) is 0 Å². The zero-order valence-corrected chi connectivity index (χ0v) is 12.0. The summed E-state index contributed by atoms with van der Waals surface area (Å²) in [6, 6.07) is 8.37. The molecule has 1 unspecified atom stereocenters. The van der Waals surface area contributed by atoms with E-state index in [0.29, 0.717) is 0 Å². The number of hydrogen-bond donors (Lipinski definition) is 1. The molecule has 1 heterocycles. The van der Waals surface area contributed by atoms with Crippen LogP contribution in [0.15, 0.2) is 36.7 Å². The quantitative estimate of drug-likeness (QED) is 0.869. The Kier molecular flexibility index (Phi) is 3.93. The molecule has 0 fully saturated rings. The molecule has 4 heteroatoms. The summed E-state index contributed by atoms with van der Waals surface area (Å²) < 4.78 is 1.21. The van der Waals surface area contributed by atoms with Gasteiger partial charge in [0.25, 0.3) is 0 Å². The molecule has 3 nitrogen and oxygen atoms in total. The normalized spacial score (nSPS) is 12.2. The monoisotopic (exact) mass is 339 g/mol. The molecule has 0 bridgehead atoms. The molecule has 88 valence electrons. The number of nitrogens with one attached hydrogen (secondary N) is 1. The third-order valence-electron chi connectivity index (χ3n) is 2.58. The van der Waals surface area contributed by atoms with Crippen LogP contribution in [-0.4, -0.2) is 9.97 Å². The summed E-state index contributed by atoms with van der Waals surface area (Å²) in [6.45, 7) is 4.08. The number of aromatic nitrogens is 2. The minimum atomic E-state index is 0.152. The lowest BCUT2D eigenvalue weighted by molar-refractivity contribution is 0.809. The van der Waals surface area contributed by atoms with Crippen molar-refractivity contribution in [2.45, 2.75) is 19.9 Å². The molecule has 0 saturated carbocycles. The van der Waals surface area contributed by atoms with Crippen molar-refractivity contribution in [1.82, 2.24) is 9.97 Å². The van der Waals surface area contributed by atoms with Crippen molar-refractivity contribution in [1.29, 1.82) is 0 Å². The van der Waals surface area contributed by atoms with Crippen molar-refractivity contribution in [2.24, 2.45) is 0 Å². The standard InChI is InChI=1S/C13H14IN3/c1-9-13(16-8-7-15-9)10(2)17-12-6-4-3-5-11(12)14/h3-8,10,17H,1-2H3. The van der Waals surface area contributed by atoms with Gasteiger partial charge < -0.3 is 5.32 Å². The van der Waals surface area contributed by atoms with Crippen molar-refractivity contribution >= 4 is 28.3 Å². The summed E-state index contributed by atoms with van der Waals surface area (Å²) >= 11 is 2.32. The van der Waals surface area contributed by atoms with Gasteiger partial charge >= 0.3 is 0 Å². The van der Waals surface area contributed by atoms with Crippen LogP contribution in [0, 0.1) is 10.5 Å². The van der Waals surface area contributed by atoms with Gasteiger partial charge in [-0.1, -0.05) is 12.1 Å². The molecule has 1 aromatic carbocycles. The predicted octanol–water partition coefficient (Wildman–Crippen LogP) is 3.56. The number of anilines is 1. The van der Waals surface area contributed by atoms with Crippen molar-refractivity contribution < 1.29 is 0 Å². The predicted molar refractivity (Wildman–Crippen MR) is 78.0 cm³/mol. The second-order valence-corrected chi connectivity index (χ2v) is 5.04. The van der Waals surface area contributed by atoms with E-state index in [1.54, 1.807) is 12.4 Å². The number of nitrogens with zero attached hydrogens (tertiary/aromatic N) is 2. The third kappa shape index (κ3) is 2.94. The highest BCUT2D eigenvalue weighted by Crippen LogP contribution is 2.23. The number of para-hydroxylation sites is 1. The van der Waals surface area contributed by atoms with E-state index in [4.69, 9.17) is 0 Å². The lowest BCUT2D eigenvalue weighted by atomic mass is 10.2. The Morgan fingerprint density at radius 3 is 2.59 bits per heavy atom. The minimum absolute atomic E-state index is 0.152. The fourth-order valence-electron chi connectivity index (χ4n) is 1.72. The van der Waals surface area contributed by atoms with Crippen LogP contribution in [0.5, 0.6) is 0 Å². The van der Waals surface area contributed by atoms with Gasteiger partial charge in [0.15, 0.2) is 0 Å². The molecule has 2 aromatic rings. The first-order chi connectivity index (χ1) is 8.18. The second kappa shape index (κ2) is 5.44. The first kappa shape index (κ1) is 12.3. The molecule has 0 aliphatic heterocycles. The highest BCUT2D eigenvalue weighted by atomic mass is 127. The first-order valence-corrected chi connectivity index (χ1v) is 6.55. The zero-order chi connectivity index (χ0) is 12.3. The lowest BCUT2D eigenvalue weighted by Gasteiger charge is -2.17. The van der Waals surface area contributed by atoms with Gasteiger partial charge in [0.2, 0.25) is 0 Å². The zero-order valence-electron chi connectivity index (χ0n) is 9.81. The van der Waals surface area contributed by atoms with Crippen molar-refractivity contribution in [2.75, 3.05) is 5.32 Å². The summed E-state index contributed by atoms with van der Waals surface area (Å²) in [6.07, 6.45) is 3.45. The van der Waals surface area contributed by atoms with Crippen molar-refractivity contribution in [3.63, 3.8) is 0 Å². The summed E-state index contributed by atoms with van der Waals surface area (Å²) in [5.41, 5.74) is 3.09. The Bertz CT molecular complexity index is 514. The van der Waals surface area contributed by atoms with Gasteiger partial charge in [-0.2, -0.15) is 0 Å². The van der Waals surface area contributed by atoms with Gasteiger partial charge in [0, 0.05) is 21.7 Å². The minimum Gasteiger partial charge on any atom is -0.376 e. The van der Waals surface area contributed by atoms with Gasteiger partial charge in [-0.25, -0.2) is 0 Å². The molecular weight excluding hydrogens is 325 g/mol. The molecule has 1 N–H and O–H groups in total. The molecule has 0 amide bonds. The molecule has 17 heavy (non-hydrogen) atoms. The number of aryl methyl sites for hydroxylation is 1. The smallest absolute Gasteiger partial charge is 0.0835 e. The van der Waals surface area contributed by atoms with Gasteiger partial charge in [0.05, 0.1) is 17.4 Å². The maximum atomic E-state index is 4.38. The topological polar surface area (TPSA) is 37.8 Å². The Labute approximate surface area is 115 Å². The molecule has 0 aliphatic rings. The third-order valence-corrected chi connectivity index (χ3v) is 3.52. The molecule has 0 spiro atoms. The van der Waals surface area contributed by atoms with Crippen LogP contribution in [-0.2, 0) is 0 Å². The molecule has 0 radical (unpaired) electrons. The number of hydrogen-bond acceptors (Lipinski definition) is 3. The number of benzene rings is 1. The van der Waals surface area contributed by atoms with E-state index in [9.17, 15) is 0 Å². The van der Waals surface area contributed by atoms with E-state index in [1.807, 2.05) is 19.1 Å². The maximum absolute atomic E-state index is 4.38. The largest absolute Gasteiger partial charge is 0.376 e. The Balaban J connectivity index is 2.20. The fraction of sp³-hybridized carbons (Fsp3) is 0.231. The molecule has 2 rings (SSSR count). The van der Waals surface area contributed by atoms with E-state index >= 15 is 0 Å². The average molecular weight is 339 g/mol. The van der Waals surface area contributed by atoms with E-state index in [1.165, 1.54) is 3.57 Å². The Morgan fingerprint density at radius 1 is 1.18 bits per heavy atom. The fourth-order valence-corrected chi connectivity index (χ4v) is 2.27. The van der Waals surface area contributed by atoms with E-state index in [2.05, 4.69) is 56.9 Å². The van der Waals surface area contributed by atoms with Crippen LogP contribution >= 0.6 is 22.6 Å². The average Bonchev–Trinajstić information content (AvgIpc) is 2.32. The van der Waals surface area contributed by atoms with Crippen LogP contribution in [0.3, 0.4) is 0 Å². The first-order valence-electron chi connectivity index (χ1n) is 5.47.